The van der Waals surface area contributed by atoms with Crippen molar-refractivity contribution in [3.63, 3.8) is 0 Å². The molecule has 0 spiro atoms. The van der Waals surface area contributed by atoms with E-state index in [9.17, 15) is 19.5 Å². The maximum atomic E-state index is 11.7. The maximum absolute atomic E-state index is 11.7. The summed E-state index contributed by atoms with van der Waals surface area (Å²) < 4.78 is 0. The second kappa shape index (κ2) is 10.5. The van der Waals surface area contributed by atoms with Crippen LogP contribution in [0, 0.1) is 0 Å². The van der Waals surface area contributed by atoms with Crippen molar-refractivity contribution in [3.8, 4) is 0 Å². The van der Waals surface area contributed by atoms with E-state index in [2.05, 4.69) is 10.6 Å². The van der Waals surface area contributed by atoms with E-state index in [0.717, 1.165) is 21.2 Å². The number of carboxylic acid groups (broad SMARTS) is 1. The minimum Gasteiger partial charge on any atom is -0.548 e. The van der Waals surface area contributed by atoms with Crippen LogP contribution in [0.1, 0.15) is 26.7 Å². The van der Waals surface area contributed by atoms with Gasteiger partial charge in [0, 0.05) is 6.42 Å². The largest absolute Gasteiger partial charge is 1.00 e. The normalized spacial score (nSPS) is 15.0. The predicted octanol–water partition coefficient (Wildman–Crippen LogP) is -4.88. The third-order valence-electron chi connectivity index (χ3n) is 2.40. The molecule has 0 aliphatic carbocycles. The second-order valence-electron chi connectivity index (χ2n) is 4.47. The van der Waals surface area contributed by atoms with Crippen molar-refractivity contribution in [2.24, 2.45) is 5.73 Å². The fraction of sp³-hybridized carbons (Fsp3) is 0.727. The van der Waals surface area contributed by atoms with Crippen LogP contribution in [-0.2, 0) is 14.4 Å². The van der Waals surface area contributed by atoms with E-state index in [1.54, 1.807) is 0 Å². The number of aliphatic carboxylic acids is 1. The zero-order chi connectivity index (χ0) is 15.1. The van der Waals surface area contributed by atoms with Crippen LogP contribution in [0.3, 0.4) is 0 Å². The van der Waals surface area contributed by atoms with Crippen LogP contribution in [0.2, 0.25) is 0 Å². The molecule has 0 aliphatic heterocycles. The van der Waals surface area contributed by atoms with Gasteiger partial charge >= 0.3 is 29.6 Å². The molecule has 1 unspecified atom stereocenters. The molecular formula is C11H21N3NaO4P. The Balaban J connectivity index is 0. The molecule has 0 bridgehead atoms. The molecule has 0 aromatic carbocycles. The average Bonchev–Trinajstić information content (AvgIpc) is 2.28. The number of carbonyl (C=O) groups excluding carboxylic acids is 3. The predicted molar refractivity (Wildman–Crippen MR) is 71.7 cm³/mol. The van der Waals surface area contributed by atoms with Gasteiger partial charge in [0.2, 0.25) is 5.91 Å². The Bertz CT molecular complexity index is 353. The fourth-order valence-corrected chi connectivity index (χ4v) is 1.77. The van der Waals surface area contributed by atoms with E-state index in [1.165, 1.54) is 13.8 Å². The molecule has 0 rings (SSSR count). The number of hydrogen-bond donors (Lipinski definition) is 3. The first-order valence-electron chi connectivity index (χ1n) is 5.97. The van der Waals surface area contributed by atoms with Gasteiger partial charge < -0.3 is 26.3 Å². The van der Waals surface area contributed by atoms with Crippen molar-refractivity contribution >= 4 is 26.4 Å². The average molecular weight is 313 g/mol. The van der Waals surface area contributed by atoms with Gasteiger partial charge in [-0.05, 0) is 33.1 Å². The molecule has 3 atom stereocenters. The molecule has 0 fully saturated rings. The summed E-state index contributed by atoms with van der Waals surface area (Å²) in [7, 11) is 0.772. The summed E-state index contributed by atoms with van der Waals surface area (Å²) in [5.41, 5.74) is 4.01. The summed E-state index contributed by atoms with van der Waals surface area (Å²) in [6.07, 6.45) is 1.97. The monoisotopic (exact) mass is 313 g/mol. The molecule has 0 saturated heterocycles. The first kappa shape index (κ1) is 22.1. The number of hydrogen-bond acceptors (Lipinski definition) is 5. The van der Waals surface area contributed by atoms with Gasteiger partial charge in [0.1, 0.15) is 0 Å². The summed E-state index contributed by atoms with van der Waals surface area (Å²) in [5, 5.41) is 15.0. The smallest absolute Gasteiger partial charge is 0.548 e. The number of rotatable bonds is 8. The van der Waals surface area contributed by atoms with Crippen LogP contribution in [0.5, 0.6) is 0 Å². The Labute approximate surface area is 142 Å². The van der Waals surface area contributed by atoms with Gasteiger partial charge in [0.05, 0.1) is 12.0 Å². The van der Waals surface area contributed by atoms with Crippen LogP contribution >= 0.6 is 8.58 Å². The minimum atomic E-state index is -1.64. The maximum Gasteiger partial charge on any atom is 1.00 e. The van der Waals surface area contributed by atoms with E-state index in [-0.39, 0.29) is 41.9 Å². The second-order valence-corrected chi connectivity index (χ2v) is 5.68. The number of carbonyl (C=O) groups is 3. The van der Waals surface area contributed by atoms with Crippen LogP contribution in [0.4, 0.5) is 0 Å². The summed E-state index contributed by atoms with van der Waals surface area (Å²) >= 11 is 0. The van der Waals surface area contributed by atoms with E-state index < -0.39 is 23.6 Å². The van der Waals surface area contributed by atoms with E-state index in [1.807, 2.05) is 6.66 Å². The molecule has 9 heteroatoms. The number of carboxylic acids is 1. The zero-order valence-electron chi connectivity index (χ0n) is 12.4. The SMILES string of the molecule is CPCCCC(=O)N[C@](C)(N)C(=O)N[C@@H](C)C(=O)[O-].[Na+]. The quantitative estimate of drug-likeness (QED) is 0.179. The van der Waals surface area contributed by atoms with Crippen molar-refractivity contribution in [2.75, 3.05) is 12.8 Å². The Kier molecular flexibility index (Phi) is 11.6. The Morgan fingerprint density at radius 2 is 1.95 bits per heavy atom. The fourth-order valence-electron chi connectivity index (χ4n) is 1.24. The van der Waals surface area contributed by atoms with E-state index in [0.29, 0.717) is 0 Å². The van der Waals surface area contributed by atoms with Crippen LogP contribution < -0.4 is 51.0 Å². The molecule has 0 radical (unpaired) electrons. The molecule has 110 valence electrons. The van der Waals surface area contributed by atoms with Crippen molar-refractivity contribution < 1.29 is 49.0 Å². The van der Waals surface area contributed by atoms with E-state index in [4.69, 9.17) is 5.73 Å². The minimum absolute atomic E-state index is 0. The Morgan fingerprint density at radius 1 is 1.40 bits per heavy atom. The molecule has 2 amide bonds. The number of nitrogens with two attached hydrogens (primary N) is 1. The van der Waals surface area contributed by atoms with Gasteiger partial charge in [0.15, 0.2) is 5.66 Å². The third-order valence-corrected chi connectivity index (χ3v) is 3.26. The summed E-state index contributed by atoms with van der Waals surface area (Å²) in [5.74, 6) is -2.52. The van der Waals surface area contributed by atoms with Crippen molar-refractivity contribution in [1.82, 2.24) is 10.6 Å². The van der Waals surface area contributed by atoms with Crippen molar-refractivity contribution in [2.45, 2.75) is 38.4 Å². The van der Waals surface area contributed by atoms with Gasteiger partial charge in [-0.1, -0.05) is 0 Å². The zero-order valence-corrected chi connectivity index (χ0v) is 15.4. The number of nitrogens with one attached hydrogen (secondary N) is 2. The van der Waals surface area contributed by atoms with Gasteiger partial charge in [-0.15, -0.1) is 8.58 Å². The molecule has 0 aliphatic rings. The molecular weight excluding hydrogens is 292 g/mol. The third kappa shape index (κ3) is 8.87. The van der Waals surface area contributed by atoms with Crippen molar-refractivity contribution in [1.29, 1.82) is 0 Å². The summed E-state index contributed by atoms with van der Waals surface area (Å²) in [4.78, 5) is 33.8. The Morgan fingerprint density at radius 3 is 2.40 bits per heavy atom. The summed E-state index contributed by atoms with van der Waals surface area (Å²) in [6, 6.07) is -1.17. The van der Waals surface area contributed by atoms with Gasteiger partial charge in [-0.3, -0.25) is 9.59 Å². The van der Waals surface area contributed by atoms with Gasteiger partial charge in [-0.2, -0.15) is 0 Å². The van der Waals surface area contributed by atoms with Crippen LogP contribution in [0.15, 0.2) is 0 Å². The van der Waals surface area contributed by atoms with Crippen molar-refractivity contribution in [3.05, 3.63) is 0 Å². The van der Waals surface area contributed by atoms with E-state index >= 15 is 0 Å². The van der Waals surface area contributed by atoms with Gasteiger partial charge in [-0.25, -0.2) is 0 Å². The summed E-state index contributed by atoms with van der Waals surface area (Å²) in [6.45, 7) is 4.61. The topological polar surface area (TPSA) is 124 Å². The molecule has 4 N–H and O–H groups in total. The van der Waals surface area contributed by atoms with Crippen LogP contribution in [-0.4, -0.2) is 42.3 Å². The molecule has 0 saturated carbocycles. The molecule has 0 heterocycles. The van der Waals surface area contributed by atoms with Crippen LogP contribution in [0.25, 0.3) is 0 Å². The first-order valence-corrected chi connectivity index (χ1v) is 7.67. The Hall–Kier alpha value is -0.200. The molecule has 0 aromatic heterocycles. The molecule has 20 heavy (non-hydrogen) atoms. The molecule has 0 aromatic rings. The van der Waals surface area contributed by atoms with Gasteiger partial charge in [0.25, 0.3) is 5.91 Å². The standard InChI is InChI=1S/C11H22N3O4P.Na/c1-7(9(16)17)13-10(18)11(2,12)14-8(15)5-4-6-19-3;/h7,19H,4-6,12H2,1-3H3,(H,13,18)(H,14,15)(H,16,17);/q;+1/p-1/t7-,11-;/m0./s1. The first-order chi connectivity index (χ1) is 8.70. The number of amides is 2. The molecule has 7 nitrogen and oxygen atoms in total.